The summed E-state index contributed by atoms with van der Waals surface area (Å²) in [6, 6.07) is 14.8. The van der Waals surface area contributed by atoms with E-state index < -0.39 is 11.0 Å². The summed E-state index contributed by atoms with van der Waals surface area (Å²) in [7, 11) is 1.97. The number of benzene rings is 1. The van der Waals surface area contributed by atoms with Crippen molar-refractivity contribution in [3.8, 4) is 17.3 Å². The molecule has 27 heavy (non-hydrogen) atoms. The smallest absolute Gasteiger partial charge is 0.213 e. The van der Waals surface area contributed by atoms with E-state index in [0.29, 0.717) is 22.2 Å². The van der Waals surface area contributed by atoms with Gasteiger partial charge in [0.15, 0.2) is 11.0 Å². The van der Waals surface area contributed by atoms with Crippen molar-refractivity contribution in [3.63, 3.8) is 0 Å². The van der Waals surface area contributed by atoms with Gasteiger partial charge >= 0.3 is 0 Å². The van der Waals surface area contributed by atoms with Gasteiger partial charge in [-0.05, 0) is 24.3 Å². The molecule has 4 rings (SSSR count). The van der Waals surface area contributed by atoms with Crippen LogP contribution in [0, 0.1) is 0 Å². The second-order valence-electron chi connectivity index (χ2n) is 5.83. The van der Waals surface area contributed by atoms with Crippen LogP contribution in [0.15, 0.2) is 65.8 Å². The van der Waals surface area contributed by atoms with Crippen LogP contribution in [-0.4, -0.2) is 31.1 Å². The summed E-state index contributed by atoms with van der Waals surface area (Å²) in [6.07, 6.45) is 3.36. The van der Waals surface area contributed by atoms with Crippen molar-refractivity contribution in [1.29, 1.82) is 0 Å². The Morgan fingerprint density at radius 1 is 1.04 bits per heavy atom. The molecule has 0 radical (unpaired) electrons. The van der Waals surface area contributed by atoms with Crippen LogP contribution in [0.3, 0.4) is 0 Å². The van der Waals surface area contributed by atoms with E-state index in [2.05, 4.69) is 19.8 Å². The summed E-state index contributed by atoms with van der Waals surface area (Å²) in [6.45, 7) is 0. The number of pyridine rings is 2. The quantitative estimate of drug-likeness (QED) is 0.576. The normalized spacial score (nSPS) is 12.1. The van der Waals surface area contributed by atoms with E-state index in [-0.39, 0.29) is 0 Å². The number of methoxy groups -OCH3 is 1. The third-order valence-electron chi connectivity index (χ3n) is 4.11. The number of hydrogen-bond donors (Lipinski definition) is 1. The molecule has 7 nitrogen and oxygen atoms in total. The van der Waals surface area contributed by atoms with Gasteiger partial charge in [0, 0.05) is 24.7 Å². The molecule has 0 aliphatic carbocycles. The van der Waals surface area contributed by atoms with E-state index in [0.717, 1.165) is 16.6 Å². The van der Waals surface area contributed by atoms with Crippen LogP contribution < -0.4 is 9.46 Å². The standard InChI is InChI=1S/C19H17N5O2S/c1-24-19-13(11-21-24)5-3-7-17(19)23-27(25)14-9-10-15(20-12-14)16-6-4-8-18(22-16)26-2/h3-12,23H,1-2H3. The zero-order valence-corrected chi connectivity index (χ0v) is 15.6. The highest BCUT2D eigenvalue weighted by molar-refractivity contribution is 7.86. The molecular formula is C19H17N5O2S. The van der Waals surface area contributed by atoms with E-state index in [4.69, 9.17) is 4.74 Å². The van der Waals surface area contributed by atoms with Crippen LogP contribution >= 0.6 is 0 Å². The van der Waals surface area contributed by atoms with Crippen molar-refractivity contribution in [2.45, 2.75) is 4.90 Å². The number of hydrogen-bond acceptors (Lipinski definition) is 5. The Balaban J connectivity index is 1.58. The van der Waals surface area contributed by atoms with Gasteiger partial charge in [0.05, 0.1) is 40.8 Å². The Hall–Kier alpha value is -3.26. The second-order valence-corrected chi connectivity index (χ2v) is 7.04. The fraction of sp³-hybridized carbons (Fsp3) is 0.105. The molecule has 1 aromatic carbocycles. The summed E-state index contributed by atoms with van der Waals surface area (Å²) in [5, 5.41) is 5.23. The highest BCUT2D eigenvalue weighted by Crippen LogP contribution is 2.24. The first-order chi connectivity index (χ1) is 13.2. The lowest BCUT2D eigenvalue weighted by molar-refractivity contribution is 0.398. The number of aromatic nitrogens is 4. The molecule has 3 heterocycles. The highest BCUT2D eigenvalue weighted by atomic mass is 32.2. The van der Waals surface area contributed by atoms with E-state index in [1.54, 1.807) is 42.4 Å². The summed E-state index contributed by atoms with van der Waals surface area (Å²) in [5.74, 6) is 0.521. The maximum Gasteiger partial charge on any atom is 0.213 e. The van der Waals surface area contributed by atoms with Gasteiger partial charge in [-0.1, -0.05) is 18.2 Å². The van der Waals surface area contributed by atoms with Crippen LogP contribution in [-0.2, 0) is 18.0 Å². The van der Waals surface area contributed by atoms with Gasteiger partial charge in [-0.25, -0.2) is 9.19 Å². The molecule has 0 saturated carbocycles. The van der Waals surface area contributed by atoms with Crippen molar-refractivity contribution < 1.29 is 8.95 Å². The predicted octanol–water partition coefficient (Wildman–Crippen LogP) is 3.17. The third kappa shape index (κ3) is 3.39. The van der Waals surface area contributed by atoms with Crippen LogP contribution in [0.2, 0.25) is 0 Å². The van der Waals surface area contributed by atoms with Crippen LogP contribution in [0.5, 0.6) is 5.88 Å². The second kappa shape index (κ2) is 7.16. The van der Waals surface area contributed by atoms with Crippen LogP contribution in [0.25, 0.3) is 22.3 Å². The van der Waals surface area contributed by atoms with Crippen molar-refractivity contribution in [1.82, 2.24) is 19.7 Å². The van der Waals surface area contributed by atoms with Crippen molar-refractivity contribution in [2.75, 3.05) is 11.8 Å². The Morgan fingerprint density at radius 3 is 2.67 bits per heavy atom. The third-order valence-corrected chi connectivity index (χ3v) is 5.18. The summed E-state index contributed by atoms with van der Waals surface area (Å²) >= 11 is 0. The van der Waals surface area contributed by atoms with Gasteiger partial charge in [0.1, 0.15) is 0 Å². The Kier molecular flexibility index (Phi) is 4.55. The predicted molar refractivity (Wildman–Crippen MR) is 105 cm³/mol. The van der Waals surface area contributed by atoms with Gasteiger partial charge < -0.3 is 4.74 Å². The van der Waals surface area contributed by atoms with E-state index in [1.165, 1.54) is 0 Å². The monoisotopic (exact) mass is 379 g/mol. The fourth-order valence-corrected chi connectivity index (χ4v) is 3.61. The Morgan fingerprint density at radius 2 is 1.89 bits per heavy atom. The number of ether oxygens (including phenoxy) is 1. The van der Waals surface area contributed by atoms with Crippen molar-refractivity contribution in [2.24, 2.45) is 7.05 Å². The molecule has 136 valence electrons. The molecule has 1 atom stereocenters. The highest BCUT2D eigenvalue weighted by Gasteiger charge is 2.11. The molecule has 1 N–H and O–H groups in total. The summed E-state index contributed by atoms with van der Waals surface area (Å²) in [5.41, 5.74) is 3.03. The molecular weight excluding hydrogens is 362 g/mol. The number of aryl methyl sites for hydroxylation is 1. The number of rotatable bonds is 5. The van der Waals surface area contributed by atoms with Crippen LogP contribution in [0.4, 0.5) is 5.69 Å². The molecule has 0 fully saturated rings. The summed E-state index contributed by atoms with van der Waals surface area (Å²) < 4.78 is 22.7. The van der Waals surface area contributed by atoms with Gasteiger partial charge in [0.25, 0.3) is 0 Å². The largest absolute Gasteiger partial charge is 0.481 e. The van der Waals surface area contributed by atoms with E-state index >= 15 is 0 Å². The molecule has 0 amide bonds. The van der Waals surface area contributed by atoms with Crippen molar-refractivity contribution >= 4 is 27.6 Å². The maximum atomic E-state index is 12.7. The molecule has 3 aromatic heterocycles. The number of para-hydroxylation sites is 1. The Labute approximate surface area is 158 Å². The molecule has 0 aliphatic heterocycles. The minimum Gasteiger partial charge on any atom is -0.481 e. The molecule has 0 aliphatic rings. The molecule has 1 unspecified atom stereocenters. The first-order valence-corrected chi connectivity index (χ1v) is 9.37. The Bertz CT molecular complexity index is 1120. The first-order valence-electron chi connectivity index (χ1n) is 8.22. The average molecular weight is 379 g/mol. The summed E-state index contributed by atoms with van der Waals surface area (Å²) in [4.78, 5) is 9.31. The molecule has 8 heteroatoms. The van der Waals surface area contributed by atoms with Crippen molar-refractivity contribution in [3.05, 3.63) is 60.9 Å². The van der Waals surface area contributed by atoms with E-state index in [9.17, 15) is 4.21 Å². The molecule has 0 bridgehead atoms. The SMILES string of the molecule is COc1cccc(-c2ccc(S(=O)Nc3cccc4cnn(C)c34)cn2)n1. The number of nitrogens with zero attached hydrogens (tertiary/aromatic N) is 4. The average Bonchev–Trinajstić information content (AvgIpc) is 3.10. The minimum atomic E-state index is -1.45. The van der Waals surface area contributed by atoms with Gasteiger partial charge in [-0.15, -0.1) is 0 Å². The lowest BCUT2D eigenvalue weighted by Gasteiger charge is -2.09. The zero-order chi connectivity index (χ0) is 18.8. The minimum absolute atomic E-state index is 0.521. The lowest BCUT2D eigenvalue weighted by atomic mass is 10.2. The van der Waals surface area contributed by atoms with Crippen LogP contribution in [0.1, 0.15) is 0 Å². The topological polar surface area (TPSA) is 81.9 Å². The van der Waals surface area contributed by atoms with Gasteiger partial charge in [0.2, 0.25) is 5.88 Å². The first kappa shape index (κ1) is 17.2. The number of anilines is 1. The number of nitrogens with one attached hydrogen (secondary N) is 1. The molecule has 0 spiro atoms. The molecule has 0 saturated heterocycles. The van der Waals surface area contributed by atoms with Gasteiger partial charge in [-0.2, -0.15) is 5.10 Å². The van der Waals surface area contributed by atoms with Gasteiger partial charge in [-0.3, -0.25) is 14.4 Å². The van der Waals surface area contributed by atoms with E-state index in [1.807, 2.05) is 37.4 Å². The zero-order valence-electron chi connectivity index (χ0n) is 14.8. The molecule has 4 aromatic rings. The maximum absolute atomic E-state index is 12.7. The fourth-order valence-electron chi connectivity index (χ4n) is 2.79. The lowest BCUT2D eigenvalue weighted by Crippen LogP contribution is -2.07. The number of fused-ring (bicyclic) bond motifs is 1.